The summed E-state index contributed by atoms with van der Waals surface area (Å²) in [5.74, 6) is 1.32. The van der Waals surface area contributed by atoms with Gasteiger partial charge in [-0.1, -0.05) is 31.3 Å². The number of thiocarbonyl (C=S) groups is 1. The Morgan fingerprint density at radius 3 is 2.95 bits per heavy atom. The first-order valence-electron chi connectivity index (χ1n) is 7.50. The quantitative estimate of drug-likeness (QED) is 0.594. The van der Waals surface area contributed by atoms with Crippen molar-refractivity contribution in [3.63, 3.8) is 0 Å². The second-order valence-corrected chi connectivity index (χ2v) is 6.05. The number of nitrogens with two attached hydrogens (primary N) is 1. The lowest BCUT2D eigenvalue weighted by atomic mass is 10.0. The van der Waals surface area contributed by atoms with Crippen molar-refractivity contribution in [2.24, 2.45) is 11.7 Å². The van der Waals surface area contributed by atoms with Crippen LogP contribution in [0.1, 0.15) is 25.3 Å². The first-order valence-corrected chi connectivity index (χ1v) is 7.91. The molecule has 0 amide bonds. The van der Waals surface area contributed by atoms with E-state index in [1.54, 1.807) is 0 Å². The van der Waals surface area contributed by atoms with Crippen molar-refractivity contribution in [1.82, 2.24) is 4.90 Å². The van der Waals surface area contributed by atoms with Crippen LogP contribution >= 0.6 is 12.2 Å². The number of hydrogen-bond donors (Lipinski definition) is 2. The number of aliphatic hydroxyl groups is 1. The number of ether oxygens (including phenoxy) is 1. The number of aliphatic hydroxyl groups excluding tert-OH is 1. The van der Waals surface area contributed by atoms with Crippen LogP contribution in [0, 0.1) is 5.92 Å². The smallest absolute Gasteiger partial charge is 0.129 e. The normalized spacial score (nSPS) is 22.4. The number of hydrogen-bond acceptors (Lipinski definition) is 4. The zero-order valence-electron chi connectivity index (χ0n) is 12.5. The Morgan fingerprint density at radius 2 is 2.24 bits per heavy atom. The molecule has 4 nitrogen and oxygen atoms in total. The van der Waals surface area contributed by atoms with Crippen LogP contribution in [-0.2, 0) is 0 Å². The highest BCUT2D eigenvalue weighted by Crippen LogP contribution is 2.23. The lowest BCUT2D eigenvalue weighted by molar-refractivity contribution is 0.133. The average Bonchev–Trinajstić information content (AvgIpc) is 2.84. The molecule has 0 aliphatic carbocycles. The number of benzene rings is 1. The van der Waals surface area contributed by atoms with Gasteiger partial charge in [-0.05, 0) is 37.4 Å². The van der Waals surface area contributed by atoms with E-state index in [-0.39, 0.29) is 6.61 Å². The van der Waals surface area contributed by atoms with E-state index in [1.165, 1.54) is 0 Å². The molecule has 5 heteroatoms. The topological polar surface area (TPSA) is 58.7 Å². The van der Waals surface area contributed by atoms with Crippen LogP contribution < -0.4 is 10.5 Å². The van der Waals surface area contributed by atoms with Gasteiger partial charge < -0.3 is 15.6 Å². The Hall–Kier alpha value is -1.17. The van der Waals surface area contributed by atoms with E-state index in [1.807, 2.05) is 24.3 Å². The Morgan fingerprint density at radius 1 is 1.48 bits per heavy atom. The van der Waals surface area contributed by atoms with Crippen LogP contribution in [0.25, 0.3) is 0 Å². The van der Waals surface area contributed by atoms with Gasteiger partial charge in [0.2, 0.25) is 0 Å². The molecule has 3 N–H and O–H groups in total. The maximum absolute atomic E-state index is 9.44. The van der Waals surface area contributed by atoms with Crippen LogP contribution in [0.15, 0.2) is 24.3 Å². The zero-order chi connectivity index (χ0) is 15.2. The minimum Gasteiger partial charge on any atom is -0.493 e. The van der Waals surface area contributed by atoms with Crippen LogP contribution in [0.4, 0.5) is 0 Å². The third-order valence-corrected chi connectivity index (χ3v) is 4.40. The summed E-state index contributed by atoms with van der Waals surface area (Å²) in [5.41, 5.74) is 6.47. The molecule has 2 unspecified atom stereocenters. The van der Waals surface area contributed by atoms with Crippen molar-refractivity contribution in [2.75, 3.05) is 26.3 Å². The Balaban J connectivity index is 1.79. The molecule has 0 aromatic heterocycles. The zero-order valence-corrected chi connectivity index (χ0v) is 13.3. The van der Waals surface area contributed by atoms with Gasteiger partial charge in [-0.15, -0.1) is 0 Å². The third-order valence-electron chi connectivity index (χ3n) is 4.18. The molecule has 1 heterocycles. The van der Waals surface area contributed by atoms with E-state index in [2.05, 4.69) is 11.8 Å². The number of likely N-dealkylation sites (tertiary alicyclic amines) is 1. The molecule has 0 spiro atoms. The molecule has 2 rings (SSSR count). The van der Waals surface area contributed by atoms with E-state index in [0.29, 0.717) is 23.6 Å². The molecule has 1 aliphatic heterocycles. The first kappa shape index (κ1) is 16.2. The van der Waals surface area contributed by atoms with Crippen molar-refractivity contribution >= 4 is 17.2 Å². The fraction of sp³-hybridized carbons (Fsp3) is 0.562. The number of nitrogens with zero attached hydrogens (tertiary/aromatic N) is 1. The molecule has 116 valence electrons. The second-order valence-electron chi connectivity index (χ2n) is 5.61. The van der Waals surface area contributed by atoms with Gasteiger partial charge in [0, 0.05) is 12.6 Å². The lowest BCUT2D eigenvalue weighted by Gasteiger charge is -2.24. The lowest BCUT2D eigenvalue weighted by Crippen LogP contribution is -2.36. The molecular formula is C16H24N2O2S. The van der Waals surface area contributed by atoms with Crippen LogP contribution in [0.2, 0.25) is 0 Å². The molecule has 0 bridgehead atoms. The summed E-state index contributed by atoms with van der Waals surface area (Å²) in [6, 6.07) is 7.89. The highest BCUT2D eigenvalue weighted by atomic mass is 32.1. The molecule has 2 atom stereocenters. The highest BCUT2D eigenvalue weighted by Gasteiger charge is 2.29. The molecule has 1 aromatic rings. The molecule has 21 heavy (non-hydrogen) atoms. The SMILES string of the molecule is CC1CCN(CCCOc2ccccc2C(N)=S)C1CO. The Kier molecular flexibility index (Phi) is 5.96. The Labute approximate surface area is 131 Å². The van der Waals surface area contributed by atoms with E-state index in [9.17, 15) is 5.11 Å². The molecule has 0 radical (unpaired) electrons. The minimum absolute atomic E-state index is 0.242. The average molecular weight is 308 g/mol. The highest BCUT2D eigenvalue weighted by molar-refractivity contribution is 7.80. The summed E-state index contributed by atoms with van der Waals surface area (Å²) >= 11 is 5.02. The first-order chi connectivity index (χ1) is 10.1. The van der Waals surface area contributed by atoms with Crippen LogP contribution in [-0.4, -0.2) is 47.3 Å². The summed E-state index contributed by atoms with van der Waals surface area (Å²) in [4.78, 5) is 2.72. The van der Waals surface area contributed by atoms with Gasteiger partial charge >= 0.3 is 0 Å². The predicted molar refractivity (Wildman–Crippen MR) is 88.7 cm³/mol. The van der Waals surface area contributed by atoms with Crippen molar-refractivity contribution in [3.05, 3.63) is 29.8 Å². The van der Waals surface area contributed by atoms with Gasteiger partial charge in [0.15, 0.2) is 0 Å². The van der Waals surface area contributed by atoms with E-state index >= 15 is 0 Å². The maximum Gasteiger partial charge on any atom is 0.129 e. The summed E-state index contributed by atoms with van der Waals surface area (Å²) < 4.78 is 5.80. The molecule has 1 aliphatic rings. The van der Waals surface area contributed by atoms with Crippen molar-refractivity contribution < 1.29 is 9.84 Å². The standard InChI is InChI=1S/C16H24N2O2S/c1-12-7-9-18(14(12)11-19)8-4-10-20-15-6-3-2-5-13(15)16(17)21/h2-3,5-6,12,14,19H,4,7-11H2,1H3,(H2,17,21). The monoisotopic (exact) mass is 308 g/mol. The van der Waals surface area contributed by atoms with Crippen LogP contribution in [0.5, 0.6) is 5.75 Å². The van der Waals surface area contributed by atoms with E-state index in [4.69, 9.17) is 22.7 Å². The van der Waals surface area contributed by atoms with Crippen molar-refractivity contribution in [2.45, 2.75) is 25.8 Å². The Bertz CT molecular complexity index is 481. The summed E-state index contributed by atoms with van der Waals surface area (Å²) in [6.07, 6.45) is 2.09. The van der Waals surface area contributed by atoms with Gasteiger partial charge in [0.1, 0.15) is 10.7 Å². The largest absolute Gasteiger partial charge is 0.493 e. The second kappa shape index (κ2) is 7.73. The van der Waals surface area contributed by atoms with E-state index in [0.717, 1.165) is 37.2 Å². The molecular weight excluding hydrogens is 284 g/mol. The number of para-hydroxylation sites is 1. The predicted octanol–water partition coefficient (Wildman–Crippen LogP) is 1.79. The fourth-order valence-corrected chi connectivity index (χ4v) is 3.08. The van der Waals surface area contributed by atoms with E-state index < -0.39 is 0 Å². The van der Waals surface area contributed by atoms with Gasteiger partial charge in [-0.25, -0.2) is 0 Å². The third kappa shape index (κ3) is 4.15. The van der Waals surface area contributed by atoms with Gasteiger partial charge in [-0.3, -0.25) is 4.90 Å². The van der Waals surface area contributed by atoms with Crippen molar-refractivity contribution in [3.8, 4) is 5.75 Å². The molecule has 0 saturated carbocycles. The molecule has 1 fully saturated rings. The maximum atomic E-state index is 9.44. The van der Waals surface area contributed by atoms with Gasteiger partial charge in [-0.2, -0.15) is 0 Å². The summed E-state index contributed by atoms with van der Waals surface area (Å²) in [5, 5.41) is 9.44. The fourth-order valence-electron chi connectivity index (χ4n) is 2.91. The molecule has 1 saturated heterocycles. The van der Waals surface area contributed by atoms with Crippen LogP contribution in [0.3, 0.4) is 0 Å². The van der Waals surface area contributed by atoms with Crippen molar-refractivity contribution in [1.29, 1.82) is 0 Å². The summed E-state index contributed by atoms with van der Waals surface area (Å²) in [6.45, 7) is 5.09. The van der Waals surface area contributed by atoms with Gasteiger partial charge in [0.25, 0.3) is 0 Å². The summed E-state index contributed by atoms with van der Waals surface area (Å²) in [7, 11) is 0. The minimum atomic E-state index is 0.242. The number of rotatable bonds is 7. The molecule has 1 aromatic carbocycles. The van der Waals surface area contributed by atoms with Gasteiger partial charge in [0.05, 0.1) is 18.8 Å².